The Morgan fingerprint density at radius 3 is 2.71 bits per heavy atom. The van der Waals surface area contributed by atoms with Crippen molar-refractivity contribution in [2.75, 3.05) is 10.4 Å². The summed E-state index contributed by atoms with van der Waals surface area (Å²) < 4.78 is 0. The molecule has 5 nitrogen and oxygen atoms in total. The lowest BCUT2D eigenvalue weighted by Crippen LogP contribution is -2.32. The number of carbonyl (C=O) groups is 1. The summed E-state index contributed by atoms with van der Waals surface area (Å²) in [7, 11) is 0. The standard InChI is InChI=1S/C15H14ClN3O2/c16-11-7-4-8-12-15(11)13(9-14(20)18-21)19(17-12)10-5-2-1-3-6-10/h1-8,13,17,21H,9H2,(H,18,20). The lowest BCUT2D eigenvalue weighted by atomic mass is 10.0. The van der Waals surface area contributed by atoms with Crippen LogP contribution in [0.1, 0.15) is 18.0 Å². The van der Waals surface area contributed by atoms with Gasteiger partial charge in [-0.3, -0.25) is 20.4 Å². The molecule has 0 spiro atoms. The zero-order valence-corrected chi connectivity index (χ0v) is 11.8. The van der Waals surface area contributed by atoms with Crippen molar-refractivity contribution in [3.63, 3.8) is 0 Å². The predicted molar refractivity (Wildman–Crippen MR) is 81.3 cm³/mol. The molecule has 21 heavy (non-hydrogen) atoms. The molecule has 0 saturated heterocycles. The number of nitrogens with zero attached hydrogens (tertiary/aromatic N) is 1. The van der Waals surface area contributed by atoms with Gasteiger partial charge in [-0.2, -0.15) is 0 Å². The Labute approximate surface area is 127 Å². The number of rotatable bonds is 3. The number of anilines is 2. The van der Waals surface area contributed by atoms with Crippen LogP contribution in [0.3, 0.4) is 0 Å². The van der Waals surface area contributed by atoms with Crippen LogP contribution in [0, 0.1) is 0 Å². The topological polar surface area (TPSA) is 64.6 Å². The maximum atomic E-state index is 11.6. The normalized spacial score (nSPS) is 16.3. The van der Waals surface area contributed by atoms with Crippen molar-refractivity contribution in [1.29, 1.82) is 0 Å². The van der Waals surface area contributed by atoms with Gasteiger partial charge in [-0.15, -0.1) is 0 Å². The second-order valence-corrected chi connectivity index (χ2v) is 5.18. The summed E-state index contributed by atoms with van der Waals surface area (Å²) in [5.74, 6) is -0.462. The van der Waals surface area contributed by atoms with E-state index in [9.17, 15) is 4.79 Å². The molecule has 0 fully saturated rings. The van der Waals surface area contributed by atoms with Gasteiger partial charge in [-0.05, 0) is 24.3 Å². The highest BCUT2D eigenvalue weighted by atomic mass is 35.5. The van der Waals surface area contributed by atoms with E-state index >= 15 is 0 Å². The summed E-state index contributed by atoms with van der Waals surface area (Å²) in [6.07, 6.45) is 0.0924. The molecule has 1 heterocycles. The zero-order chi connectivity index (χ0) is 14.8. The Balaban J connectivity index is 2.02. The molecule has 1 unspecified atom stereocenters. The van der Waals surface area contributed by atoms with Crippen LogP contribution in [0.5, 0.6) is 0 Å². The zero-order valence-electron chi connectivity index (χ0n) is 11.1. The molecule has 6 heteroatoms. The summed E-state index contributed by atoms with van der Waals surface area (Å²) in [5, 5.41) is 11.3. The van der Waals surface area contributed by atoms with Crippen molar-refractivity contribution in [3.8, 4) is 0 Å². The summed E-state index contributed by atoms with van der Waals surface area (Å²) in [5.41, 5.74) is 7.57. The molecule has 2 aromatic carbocycles. The number of carbonyl (C=O) groups excluding carboxylic acids is 1. The molecule has 0 aliphatic carbocycles. The minimum absolute atomic E-state index is 0.0924. The lowest BCUT2D eigenvalue weighted by Gasteiger charge is -2.26. The third kappa shape index (κ3) is 2.53. The Morgan fingerprint density at radius 2 is 2.00 bits per heavy atom. The van der Waals surface area contributed by atoms with Crippen molar-refractivity contribution in [3.05, 3.63) is 59.1 Å². The van der Waals surface area contributed by atoms with Crippen molar-refractivity contribution in [1.82, 2.24) is 5.48 Å². The smallest absolute Gasteiger partial charge is 0.245 e. The highest BCUT2D eigenvalue weighted by Gasteiger charge is 2.33. The maximum Gasteiger partial charge on any atom is 0.245 e. The highest BCUT2D eigenvalue weighted by Crippen LogP contribution is 2.43. The van der Waals surface area contributed by atoms with Crippen molar-refractivity contribution in [2.24, 2.45) is 0 Å². The fraction of sp³-hybridized carbons (Fsp3) is 0.133. The Morgan fingerprint density at radius 1 is 1.24 bits per heavy atom. The van der Waals surface area contributed by atoms with Gasteiger partial charge in [0.15, 0.2) is 0 Å². The largest absolute Gasteiger partial charge is 0.297 e. The van der Waals surface area contributed by atoms with Crippen LogP contribution in [0.2, 0.25) is 5.02 Å². The first-order valence-corrected chi connectivity index (χ1v) is 6.91. The molecule has 0 saturated carbocycles. The van der Waals surface area contributed by atoms with Crippen LogP contribution < -0.4 is 15.9 Å². The molecule has 1 amide bonds. The second kappa shape index (κ2) is 5.63. The summed E-state index contributed by atoms with van der Waals surface area (Å²) >= 11 is 6.28. The Kier molecular flexibility index (Phi) is 3.68. The lowest BCUT2D eigenvalue weighted by molar-refractivity contribution is -0.129. The SMILES string of the molecule is O=C(CC1c2c(Cl)cccc2NN1c1ccccc1)NO. The maximum absolute atomic E-state index is 11.6. The third-order valence-corrected chi connectivity index (χ3v) is 3.81. The molecule has 3 N–H and O–H groups in total. The average molecular weight is 304 g/mol. The number of hydroxylamine groups is 1. The van der Waals surface area contributed by atoms with Crippen LogP contribution in [-0.2, 0) is 4.79 Å². The van der Waals surface area contributed by atoms with Crippen LogP contribution in [0.25, 0.3) is 0 Å². The molecule has 108 valence electrons. The van der Waals surface area contributed by atoms with Crippen molar-refractivity contribution < 1.29 is 10.0 Å². The summed E-state index contributed by atoms with van der Waals surface area (Å²) in [4.78, 5) is 11.6. The van der Waals surface area contributed by atoms with Gasteiger partial charge >= 0.3 is 0 Å². The Bertz CT molecular complexity index is 663. The van der Waals surface area contributed by atoms with E-state index in [-0.39, 0.29) is 12.5 Å². The summed E-state index contributed by atoms with van der Waals surface area (Å²) in [6.45, 7) is 0. The monoisotopic (exact) mass is 303 g/mol. The van der Waals surface area contributed by atoms with Crippen LogP contribution in [-0.4, -0.2) is 11.1 Å². The van der Waals surface area contributed by atoms with Gasteiger partial charge in [0.2, 0.25) is 5.91 Å². The average Bonchev–Trinajstić information content (AvgIpc) is 2.88. The highest BCUT2D eigenvalue weighted by molar-refractivity contribution is 6.32. The fourth-order valence-corrected chi connectivity index (χ4v) is 2.86. The van der Waals surface area contributed by atoms with Gasteiger partial charge in [-0.1, -0.05) is 35.9 Å². The van der Waals surface area contributed by atoms with Gasteiger partial charge in [-0.25, -0.2) is 5.48 Å². The van der Waals surface area contributed by atoms with E-state index in [2.05, 4.69) is 5.43 Å². The first-order valence-electron chi connectivity index (χ1n) is 6.53. The van der Waals surface area contributed by atoms with Gasteiger partial charge in [0.1, 0.15) is 0 Å². The van der Waals surface area contributed by atoms with E-state index in [1.54, 1.807) is 11.5 Å². The molecule has 1 aliphatic rings. The van der Waals surface area contributed by atoms with Gasteiger partial charge in [0.05, 0.1) is 23.8 Å². The number of benzene rings is 2. The van der Waals surface area contributed by atoms with E-state index in [1.807, 2.05) is 47.5 Å². The van der Waals surface area contributed by atoms with Crippen molar-refractivity contribution in [2.45, 2.75) is 12.5 Å². The molecular formula is C15H14ClN3O2. The van der Waals surface area contributed by atoms with E-state index in [1.165, 1.54) is 0 Å². The van der Waals surface area contributed by atoms with E-state index in [4.69, 9.17) is 16.8 Å². The van der Waals surface area contributed by atoms with E-state index < -0.39 is 5.91 Å². The molecule has 0 aromatic heterocycles. The molecule has 2 aromatic rings. The second-order valence-electron chi connectivity index (χ2n) is 4.77. The molecule has 0 radical (unpaired) electrons. The van der Waals surface area contributed by atoms with Gasteiger partial charge < -0.3 is 0 Å². The first-order chi connectivity index (χ1) is 10.2. The minimum atomic E-state index is -0.462. The predicted octanol–water partition coefficient (Wildman–Crippen LogP) is 3.12. The Hall–Kier alpha value is -2.24. The first kappa shape index (κ1) is 13.7. The molecule has 0 bridgehead atoms. The quantitative estimate of drug-likeness (QED) is 0.602. The number of hydrogen-bond acceptors (Lipinski definition) is 4. The molecule has 1 atom stereocenters. The summed E-state index contributed by atoms with van der Waals surface area (Å²) in [6, 6.07) is 14.9. The van der Waals surface area contributed by atoms with Gasteiger partial charge in [0.25, 0.3) is 0 Å². The van der Waals surface area contributed by atoms with Crippen molar-refractivity contribution >= 4 is 28.9 Å². The van der Waals surface area contributed by atoms with Crippen LogP contribution in [0.4, 0.5) is 11.4 Å². The number of amides is 1. The number of nitrogens with one attached hydrogen (secondary N) is 2. The number of halogens is 1. The number of hydrazine groups is 1. The van der Waals surface area contributed by atoms with Crippen LogP contribution in [0.15, 0.2) is 48.5 Å². The number of fused-ring (bicyclic) bond motifs is 1. The van der Waals surface area contributed by atoms with E-state index in [0.29, 0.717) is 5.02 Å². The molecule has 3 rings (SSSR count). The van der Waals surface area contributed by atoms with Crippen LogP contribution >= 0.6 is 11.6 Å². The number of hydrogen-bond donors (Lipinski definition) is 3. The molecule has 1 aliphatic heterocycles. The third-order valence-electron chi connectivity index (χ3n) is 3.48. The minimum Gasteiger partial charge on any atom is -0.297 e. The van der Waals surface area contributed by atoms with Gasteiger partial charge in [0, 0.05) is 10.6 Å². The number of para-hydroxylation sites is 1. The fourth-order valence-electron chi connectivity index (χ4n) is 2.56. The molecular weight excluding hydrogens is 290 g/mol. The van der Waals surface area contributed by atoms with E-state index in [0.717, 1.165) is 16.9 Å².